The Balaban J connectivity index is 1.64. The van der Waals surface area contributed by atoms with Gasteiger partial charge in [-0.1, -0.05) is 54.1 Å². The summed E-state index contributed by atoms with van der Waals surface area (Å²) in [5.74, 6) is -0.289. The van der Waals surface area contributed by atoms with Crippen LogP contribution >= 0.6 is 0 Å². The molecule has 0 radical (unpaired) electrons. The molecule has 0 fully saturated rings. The minimum atomic E-state index is -0.299. The minimum absolute atomic E-state index is 0.289. The highest BCUT2D eigenvalue weighted by atomic mass is 16.2. The van der Waals surface area contributed by atoms with Crippen molar-refractivity contribution in [2.75, 3.05) is 17.2 Å². The summed E-state index contributed by atoms with van der Waals surface area (Å²) in [7, 11) is 0. The van der Waals surface area contributed by atoms with Crippen LogP contribution in [0.15, 0.2) is 85.1 Å². The summed E-state index contributed by atoms with van der Waals surface area (Å²) in [5.41, 5.74) is 5.04. The molecule has 0 saturated carbocycles. The molecule has 0 saturated heterocycles. The largest absolute Gasteiger partial charge is 0.338 e. The average Bonchev–Trinajstić information content (AvgIpc) is 3.26. The third-order valence-corrected chi connectivity index (χ3v) is 5.02. The zero-order valence-corrected chi connectivity index (χ0v) is 18.5. The molecule has 1 heterocycles. The number of carbonyl (C=O) groups is 2. The van der Waals surface area contributed by atoms with Gasteiger partial charge in [-0.25, -0.2) is 9.48 Å². The average molecular weight is 440 g/mol. The molecule has 0 unspecified atom stereocenters. The van der Waals surface area contributed by atoms with E-state index in [2.05, 4.69) is 16.0 Å². The van der Waals surface area contributed by atoms with Gasteiger partial charge in [-0.3, -0.25) is 4.79 Å². The number of nitrogens with zero attached hydrogens (tertiary/aromatic N) is 2. The van der Waals surface area contributed by atoms with Crippen LogP contribution in [0.1, 0.15) is 22.8 Å². The molecule has 33 heavy (non-hydrogen) atoms. The Morgan fingerprint density at radius 3 is 2.27 bits per heavy atom. The van der Waals surface area contributed by atoms with E-state index in [0.717, 1.165) is 16.8 Å². The van der Waals surface area contributed by atoms with Crippen molar-refractivity contribution in [2.45, 2.75) is 13.8 Å². The third kappa shape index (κ3) is 5.27. The minimum Gasteiger partial charge on any atom is -0.338 e. The number of amides is 3. The van der Waals surface area contributed by atoms with Crippen LogP contribution in [0.5, 0.6) is 0 Å². The van der Waals surface area contributed by atoms with Crippen LogP contribution in [0.2, 0.25) is 0 Å². The second-order valence-corrected chi connectivity index (χ2v) is 7.56. The summed E-state index contributed by atoms with van der Waals surface area (Å²) in [6.07, 6.45) is 1.74. The van der Waals surface area contributed by atoms with Gasteiger partial charge >= 0.3 is 6.03 Å². The Labute approximate surface area is 192 Å². The predicted octanol–water partition coefficient (Wildman–Crippen LogP) is 5.24. The van der Waals surface area contributed by atoms with Gasteiger partial charge in [0.15, 0.2) is 0 Å². The number of hydrogen-bond donors (Lipinski definition) is 3. The van der Waals surface area contributed by atoms with Crippen LogP contribution in [-0.4, -0.2) is 28.3 Å². The molecule has 0 spiro atoms. The van der Waals surface area contributed by atoms with Crippen LogP contribution in [0.4, 0.5) is 16.2 Å². The van der Waals surface area contributed by atoms with E-state index in [4.69, 9.17) is 5.10 Å². The number of urea groups is 1. The quantitative estimate of drug-likeness (QED) is 0.384. The number of benzene rings is 3. The normalized spacial score (nSPS) is 10.5. The lowest BCUT2D eigenvalue weighted by Crippen LogP contribution is -2.28. The van der Waals surface area contributed by atoms with E-state index in [-0.39, 0.29) is 11.9 Å². The number of rotatable bonds is 6. The van der Waals surface area contributed by atoms with E-state index in [1.165, 1.54) is 0 Å². The predicted molar refractivity (Wildman–Crippen MR) is 131 cm³/mol. The second kappa shape index (κ2) is 9.82. The van der Waals surface area contributed by atoms with Crippen molar-refractivity contribution < 1.29 is 9.59 Å². The van der Waals surface area contributed by atoms with Gasteiger partial charge in [0.1, 0.15) is 5.69 Å². The molecule has 0 atom stereocenters. The molecule has 0 bridgehead atoms. The van der Waals surface area contributed by atoms with Crippen LogP contribution in [0.25, 0.3) is 16.9 Å². The zero-order valence-electron chi connectivity index (χ0n) is 18.5. The van der Waals surface area contributed by atoms with Crippen molar-refractivity contribution >= 4 is 23.3 Å². The van der Waals surface area contributed by atoms with Crippen LogP contribution < -0.4 is 16.0 Å². The van der Waals surface area contributed by atoms with Gasteiger partial charge in [0, 0.05) is 29.7 Å². The Bertz CT molecular complexity index is 1260. The van der Waals surface area contributed by atoms with Crippen molar-refractivity contribution in [2.24, 2.45) is 0 Å². The molecule has 3 amide bonds. The van der Waals surface area contributed by atoms with E-state index in [9.17, 15) is 9.59 Å². The second-order valence-electron chi connectivity index (χ2n) is 7.56. The van der Waals surface area contributed by atoms with Gasteiger partial charge in [-0.2, -0.15) is 5.10 Å². The summed E-state index contributed by atoms with van der Waals surface area (Å²) in [6, 6.07) is 24.3. The summed E-state index contributed by atoms with van der Waals surface area (Å²) < 4.78 is 1.71. The van der Waals surface area contributed by atoms with Gasteiger partial charge < -0.3 is 16.0 Å². The third-order valence-electron chi connectivity index (χ3n) is 5.02. The molecule has 0 aliphatic heterocycles. The number of aryl methyl sites for hydroxylation is 1. The maximum atomic E-state index is 13.3. The fourth-order valence-electron chi connectivity index (χ4n) is 3.39. The number of nitrogens with one attached hydrogen (secondary N) is 3. The Kier molecular flexibility index (Phi) is 6.50. The first kappa shape index (κ1) is 21.8. The highest BCUT2D eigenvalue weighted by Crippen LogP contribution is 2.25. The van der Waals surface area contributed by atoms with E-state index in [1.54, 1.807) is 35.1 Å². The summed E-state index contributed by atoms with van der Waals surface area (Å²) in [6.45, 7) is 4.39. The van der Waals surface area contributed by atoms with Crippen LogP contribution in [0, 0.1) is 6.92 Å². The molecule has 3 N–H and O–H groups in total. The number of aromatic nitrogens is 2. The molecule has 1 aromatic heterocycles. The first-order chi connectivity index (χ1) is 16.0. The number of anilines is 2. The number of hydrogen-bond acceptors (Lipinski definition) is 3. The van der Waals surface area contributed by atoms with Crippen molar-refractivity contribution in [1.29, 1.82) is 0 Å². The van der Waals surface area contributed by atoms with Crippen molar-refractivity contribution in [1.82, 2.24) is 15.1 Å². The maximum Gasteiger partial charge on any atom is 0.319 e. The maximum absolute atomic E-state index is 13.3. The molecule has 7 nitrogen and oxygen atoms in total. The fraction of sp³-hybridized carbons (Fsp3) is 0.115. The molecule has 3 aromatic carbocycles. The van der Waals surface area contributed by atoms with Crippen LogP contribution in [0.3, 0.4) is 0 Å². The summed E-state index contributed by atoms with van der Waals surface area (Å²) in [5, 5.41) is 13.1. The van der Waals surface area contributed by atoms with Crippen molar-refractivity contribution in [3.05, 3.63) is 96.2 Å². The number of carbonyl (C=O) groups excluding carboxylic acids is 2. The van der Waals surface area contributed by atoms with E-state index < -0.39 is 0 Å². The monoisotopic (exact) mass is 439 g/mol. The molecule has 166 valence electrons. The van der Waals surface area contributed by atoms with Gasteiger partial charge in [-0.15, -0.1) is 0 Å². The lowest BCUT2D eigenvalue weighted by Gasteiger charge is -2.09. The molecule has 4 aromatic rings. The highest BCUT2D eigenvalue weighted by molar-refractivity contribution is 6.08. The van der Waals surface area contributed by atoms with Crippen molar-refractivity contribution in [3.8, 4) is 16.9 Å². The van der Waals surface area contributed by atoms with Gasteiger partial charge in [0.05, 0.1) is 11.3 Å². The Morgan fingerprint density at radius 2 is 1.58 bits per heavy atom. The molecular weight excluding hydrogens is 414 g/mol. The first-order valence-electron chi connectivity index (χ1n) is 10.7. The topological polar surface area (TPSA) is 88.0 Å². The zero-order chi connectivity index (χ0) is 23.2. The highest BCUT2D eigenvalue weighted by Gasteiger charge is 2.19. The van der Waals surface area contributed by atoms with Gasteiger partial charge in [0.2, 0.25) is 0 Å². The Morgan fingerprint density at radius 1 is 0.879 bits per heavy atom. The molecule has 0 aliphatic rings. The standard InChI is InChI=1S/C26H25N5O2/c1-3-27-26(33)29-21-11-7-10-20(16-21)28-25(32)23-17-31(22-14-12-18(2)13-15-22)30-24(23)19-8-5-4-6-9-19/h4-17H,3H2,1-2H3,(H,28,32)(H2,27,29,33). The fourth-order valence-corrected chi connectivity index (χ4v) is 3.39. The van der Waals surface area contributed by atoms with Crippen LogP contribution in [-0.2, 0) is 0 Å². The first-order valence-corrected chi connectivity index (χ1v) is 10.7. The smallest absolute Gasteiger partial charge is 0.319 e. The lowest BCUT2D eigenvalue weighted by atomic mass is 10.1. The SMILES string of the molecule is CCNC(=O)Nc1cccc(NC(=O)c2cn(-c3ccc(C)cc3)nc2-c2ccccc2)c1. The van der Waals surface area contributed by atoms with E-state index in [0.29, 0.717) is 29.2 Å². The van der Waals surface area contributed by atoms with Crippen molar-refractivity contribution in [3.63, 3.8) is 0 Å². The molecular formula is C26H25N5O2. The lowest BCUT2D eigenvalue weighted by molar-refractivity contribution is 0.102. The van der Waals surface area contributed by atoms with E-state index in [1.807, 2.05) is 68.4 Å². The molecule has 4 rings (SSSR count). The van der Waals surface area contributed by atoms with E-state index >= 15 is 0 Å². The van der Waals surface area contributed by atoms with Gasteiger partial charge in [-0.05, 0) is 44.2 Å². The Hall–Kier alpha value is -4.39. The summed E-state index contributed by atoms with van der Waals surface area (Å²) >= 11 is 0. The molecule has 0 aliphatic carbocycles. The summed E-state index contributed by atoms with van der Waals surface area (Å²) in [4.78, 5) is 25.1. The molecule has 7 heteroatoms. The van der Waals surface area contributed by atoms with Gasteiger partial charge in [0.25, 0.3) is 5.91 Å².